The fraction of sp³-hybridized carbons (Fsp3) is 0.404. The van der Waals surface area contributed by atoms with E-state index in [1.807, 2.05) is 47.7 Å². The fourth-order valence-corrected chi connectivity index (χ4v) is 10.3. The highest BCUT2D eigenvalue weighted by Gasteiger charge is 2.59. The first-order valence-corrected chi connectivity index (χ1v) is 21.6. The Balaban J connectivity index is 1.07. The zero-order valence-electron chi connectivity index (χ0n) is 36.7. The van der Waals surface area contributed by atoms with E-state index in [1.165, 1.54) is 10.5 Å². The molecular weight excluding hydrogens is 804 g/mol. The van der Waals surface area contributed by atoms with Gasteiger partial charge in [0.2, 0.25) is 0 Å². The van der Waals surface area contributed by atoms with Crippen LogP contribution in [-0.4, -0.2) is 76.9 Å². The molecule has 15 nitrogen and oxygen atoms in total. The summed E-state index contributed by atoms with van der Waals surface area (Å²) in [7, 11) is 3.56. The average Bonchev–Trinajstić information content (AvgIpc) is 3.73. The summed E-state index contributed by atoms with van der Waals surface area (Å²) >= 11 is 0. The summed E-state index contributed by atoms with van der Waals surface area (Å²) in [4.78, 5) is 48.3. The fourth-order valence-electron chi connectivity index (χ4n) is 10.3. The van der Waals surface area contributed by atoms with Gasteiger partial charge in [-0.3, -0.25) is 29.2 Å². The maximum absolute atomic E-state index is 15.4. The number of carbonyl (C=O) groups excluding carboxylic acids is 2. The normalized spacial score (nSPS) is 21.8. The van der Waals surface area contributed by atoms with Crippen molar-refractivity contribution in [2.75, 3.05) is 30.4 Å². The van der Waals surface area contributed by atoms with Crippen LogP contribution in [0.3, 0.4) is 0 Å². The summed E-state index contributed by atoms with van der Waals surface area (Å²) in [5.41, 5.74) is 5.86. The van der Waals surface area contributed by atoms with Crippen molar-refractivity contribution in [3.63, 3.8) is 0 Å². The third-order valence-electron chi connectivity index (χ3n) is 13.8. The second-order valence-corrected chi connectivity index (χ2v) is 18.4. The number of aryl methyl sites for hydroxylation is 3. The van der Waals surface area contributed by atoms with Crippen molar-refractivity contribution >= 4 is 45.2 Å². The number of hydrogen-bond acceptors (Lipinski definition) is 8. The van der Waals surface area contributed by atoms with Gasteiger partial charge in [0.15, 0.2) is 5.82 Å². The van der Waals surface area contributed by atoms with Gasteiger partial charge in [0, 0.05) is 61.2 Å². The van der Waals surface area contributed by atoms with Crippen LogP contribution < -0.4 is 16.0 Å². The van der Waals surface area contributed by atoms with E-state index in [1.54, 1.807) is 48.6 Å². The highest BCUT2D eigenvalue weighted by atomic mass is 19.1. The quantitative estimate of drug-likeness (QED) is 0.163. The molecule has 3 amide bonds. The molecule has 63 heavy (non-hydrogen) atoms. The molecule has 1 aliphatic carbocycles. The van der Waals surface area contributed by atoms with Crippen molar-refractivity contribution < 1.29 is 23.2 Å². The molecule has 1 saturated carbocycles. The van der Waals surface area contributed by atoms with Crippen molar-refractivity contribution in [3.05, 3.63) is 117 Å². The van der Waals surface area contributed by atoms with Gasteiger partial charge in [-0.25, -0.2) is 18.7 Å². The number of H-pyrrole nitrogens is 1. The predicted octanol–water partition coefficient (Wildman–Crippen LogP) is 8.03. The van der Waals surface area contributed by atoms with E-state index >= 15 is 9.18 Å². The monoisotopic (exact) mass is 854 g/mol. The number of urea groups is 1. The highest BCUT2D eigenvalue weighted by Crippen LogP contribution is 2.56. The second-order valence-electron chi connectivity index (χ2n) is 18.4. The van der Waals surface area contributed by atoms with Crippen LogP contribution in [0.1, 0.15) is 103 Å². The summed E-state index contributed by atoms with van der Waals surface area (Å²) in [5.74, 6) is -0.110. The molecule has 2 N–H and O–H groups in total. The molecule has 3 aromatic carbocycles. The molecule has 10 rings (SSSR count). The molecule has 3 aliphatic rings. The zero-order chi connectivity index (χ0) is 44.3. The van der Waals surface area contributed by atoms with E-state index in [2.05, 4.69) is 59.5 Å². The maximum atomic E-state index is 15.4. The number of hydrogen-bond donors (Lipinski definition) is 2. The van der Waals surface area contributed by atoms with Gasteiger partial charge in [0.05, 0.1) is 34.7 Å². The number of aromatic nitrogens is 7. The van der Waals surface area contributed by atoms with E-state index in [4.69, 9.17) is 14.4 Å². The highest BCUT2D eigenvalue weighted by molar-refractivity contribution is 6.03. The standard InChI is InChI=1S/C47H51FN10O5/c1-25-17-34(18-26(2)40(25)48)58-41(50-44(60)54(7)33-10-12-36-32(20-33)24-49-55(36)8)39-28(4)56(15-13-35(39)52-58)42(59)38-21-31-19-29(30-14-16-62-46(5,6)23-30)9-11-37(31)57(38)47(22-27(47)3)43-51-45(61)63-53-43/h9-12,17-21,24,27-28,30H,13-16,22-23H2,1-8H3,(H,50,60)(H,51,53,61)/t27-,28-,30-,47-/m0/s1. The largest absolute Gasteiger partial charge is 0.438 e. The lowest BCUT2D eigenvalue weighted by atomic mass is 9.83. The maximum Gasteiger partial charge on any atom is 0.438 e. The molecule has 326 valence electrons. The number of ether oxygens (including phenoxy) is 1. The Morgan fingerprint density at radius 2 is 1.75 bits per heavy atom. The van der Waals surface area contributed by atoms with E-state index in [0.717, 1.165) is 40.3 Å². The van der Waals surface area contributed by atoms with Crippen LogP contribution in [0.15, 0.2) is 70.1 Å². The predicted molar refractivity (Wildman–Crippen MR) is 236 cm³/mol. The molecule has 4 atom stereocenters. The SMILES string of the molecule is Cc1cc(-n2nc3c(c2NC(=O)N(C)c2ccc4c(cnn4C)c2)[C@H](C)N(C(=O)c2cc4cc([C@H]5CCOC(C)(C)C5)ccc4n2[C@@]2(c4noc(=O)[nH]4)C[C@@H]2C)CC3)cc(C)c1F. The second kappa shape index (κ2) is 14.5. The molecule has 0 bridgehead atoms. The van der Waals surface area contributed by atoms with E-state index < -0.39 is 23.4 Å². The number of amides is 3. The Hall–Kier alpha value is -6.55. The van der Waals surface area contributed by atoms with Gasteiger partial charge < -0.3 is 14.2 Å². The number of nitrogens with zero attached hydrogens (tertiary/aromatic N) is 8. The summed E-state index contributed by atoms with van der Waals surface area (Å²) < 4.78 is 31.6. The molecule has 2 aliphatic heterocycles. The first-order chi connectivity index (χ1) is 30.0. The summed E-state index contributed by atoms with van der Waals surface area (Å²) in [5, 5.41) is 18.5. The Labute approximate surface area is 362 Å². The molecule has 4 aromatic heterocycles. The molecule has 6 heterocycles. The number of halogens is 1. The van der Waals surface area contributed by atoms with Gasteiger partial charge in [0.1, 0.15) is 22.9 Å². The van der Waals surface area contributed by atoms with Crippen molar-refractivity contribution in [2.45, 2.75) is 90.3 Å². The minimum atomic E-state index is -0.822. The van der Waals surface area contributed by atoms with Gasteiger partial charge in [-0.05, 0) is 131 Å². The number of nitrogens with one attached hydrogen (secondary N) is 2. The Morgan fingerprint density at radius 3 is 2.44 bits per heavy atom. The summed E-state index contributed by atoms with van der Waals surface area (Å²) in [6.07, 6.45) is 4.56. The van der Waals surface area contributed by atoms with Gasteiger partial charge >= 0.3 is 11.8 Å². The van der Waals surface area contributed by atoms with E-state index in [0.29, 0.717) is 71.4 Å². The van der Waals surface area contributed by atoms with Crippen molar-refractivity contribution in [2.24, 2.45) is 13.0 Å². The van der Waals surface area contributed by atoms with Crippen molar-refractivity contribution in [3.8, 4) is 5.69 Å². The lowest BCUT2D eigenvalue weighted by Crippen LogP contribution is -2.41. The Morgan fingerprint density at radius 1 is 1.00 bits per heavy atom. The molecule has 0 radical (unpaired) electrons. The lowest BCUT2D eigenvalue weighted by Gasteiger charge is -2.35. The first kappa shape index (κ1) is 40.5. The molecule has 0 unspecified atom stereocenters. The zero-order valence-corrected chi connectivity index (χ0v) is 36.7. The topological polar surface area (TPSA) is 161 Å². The molecule has 1 saturated heterocycles. The average molecular weight is 855 g/mol. The van der Waals surface area contributed by atoms with Crippen molar-refractivity contribution in [1.82, 2.24) is 39.2 Å². The first-order valence-electron chi connectivity index (χ1n) is 21.6. The van der Waals surface area contributed by atoms with Gasteiger partial charge in [-0.1, -0.05) is 18.1 Å². The van der Waals surface area contributed by atoms with Crippen LogP contribution in [0, 0.1) is 25.6 Å². The van der Waals surface area contributed by atoms with Crippen LogP contribution in [0.25, 0.3) is 27.5 Å². The van der Waals surface area contributed by atoms with Crippen LogP contribution in [-0.2, 0) is 23.7 Å². The Bertz CT molecular complexity index is 3040. The van der Waals surface area contributed by atoms with Crippen LogP contribution >= 0.6 is 0 Å². The smallest absolute Gasteiger partial charge is 0.376 e. The summed E-state index contributed by atoms with van der Waals surface area (Å²) in [6, 6.07) is 16.5. The number of fused-ring (bicyclic) bond motifs is 3. The molecule has 16 heteroatoms. The lowest BCUT2D eigenvalue weighted by molar-refractivity contribution is -0.0592. The number of benzene rings is 3. The number of rotatable bonds is 7. The Kier molecular flexibility index (Phi) is 9.33. The van der Waals surface area contributed by atoms with Crippen LogP contribution in [0.4, 0.5) is 20.7 Å². The number of anilines is 2. The third-order valence-corrected chi connectivity index (χ3v) is 13.8. The van der Waals surface area contributed by atoms with Crippen molar-refractivity contribution in [1.29, 1.82) is 0 Å². The number of aromatic amines is 1. The molecule has 7 aromatic rings. The molecule has 0 spiro atoms. The molecule has 2 fully saturated rings. The minimum absolute atomic E-state index is 0.0280. The minimum Gasteiger partial charge on any atom is -0.376 e. The molecular formula is C47H51FN10O5. The van der Waals surface area contributed by atoms with Crippen LogP contribution in [0.2, 0.25) is 0 Å². The van der Waals surface area contributed by atoms with E-state index in [9.17, 15) is 9.59 Å². The van der Waals surface area contributed by atoms with Gasteiger partial charge in [-0.15, -0.1) is 0 Å². The van der Waals surface area contributed by atoms with Gasteiger partial charge in [-0.2, -0.15) is 10.2 Å². The van der Waals surface area contributed by atoms with E-state index in [-0.39, 0.29) is 29.2 Å². The summed E-state index contributed by atoms with van der Waals surface area (Å²) in [6.45, 7) is 12.7. The van der Waals surface area contributed by atoms with Gasteiger partial charge in [0.25, 0.3) is 5.91 Å². The number of carbonyl (C=O) groups is 2. The van der Waals surface area contributed by atoms with Crippen LogP contribution in [0.5, 0.6) is 0 Å². The third kappa shape index (κ3) is 6.56.